The van der Waals surface area contributed by atoms with Gasteiger partial charge < -0.3 is 4.74 Å². The Labute approximate surface area is 109 Å². The van der Waals surface area contributed by atoms with Crippen LogP contribution in [0.5, 0.6) is 11.5 Å². The molecule has 0 radical (unpaired) electrons. The summed E-state index contributed by atoms with van der Waals surface area (Å²) in [5, 5.41) is 19.9. The minimum atomic E-state index is -0.518. The third-order valence-electron chi connectivity index (χ3n) is 2.54. The lowest BCUT2D eigenvalue weighted by Gasteiger charge is -2.08. The largest absolute Gasteiger partial charge is 0.449 e. The lowest BCUT2D eigenvalue weighted by atomic mass is 10.1. The number of hydrogen-bond donors (Lipinski definition) is 0. The molecule has 0 aliphatic carbocycles. The first-order valence-electron chi connectivity index (χ1n) is 5.54. The molecule has 0 aliphatic heterocycles. The average molecular weight is 254 g/mol. The molecule has 5 nitrogen and oxygen atoms in total. The van der Waals surface area contributed by atoms with Crippen molar-refractivity contribution in [3.05, 3.63) is 63.7 Å². The summed E-state index contributed by atoms with van der Waals surface area (Å²) in [5.41, 5.74) is 1.14. The van der Waals surface area contributed by atoms with Gasteiger partial charge in [-0.25, -0.2) is 0 Å². The van der Waals surface area contributed by atoms with Gasteiger partial charge in [0.1, 0.15) is 11.8 Å². The van der Waals surface area contributed by atoms with E-state index in [1.165, 1.54) is 12.1 Å². The average Bonchev–Trinajstić information content (AvgIpc) is 2.41. The van der Waals surface area contributed by atoms with Gasteiger partial charge in [0.05, 0.1) is 10.5 Å². The van der Waals surface area contributed by atoms with E-state index in [4.69, 9.17) is 10.00 Å². The van der Waals surface area contributed by atoms with E-state index >= 15 is 0 Å². The number of benzene rings is 2. The molecule has 0 spiro atoms. The zero-order valence-corrected chi connectivity index (χ0v) is 10.2. The Morgan fingerprint density at radius 2 is 1.95 bits per heavy atom. The Balaban J connectivity index is 2.43. The first-order chi connectivity index (χ1) is 9.11. The van der Waals surface area contributed by atoms with E-state index in [1.807, 2.05) is 13.0 Å². The SMILES string of the molecule is Cc1ccc(Oc2ccccc2[N+](=O)[O-])c(C#N)c1. The molecule has 0 bridgehead atoms. The summed E-state index contributed by atoms with van der Waals surface area (Å²) in [4.78, 5) is 10.4. The van der Waals surface area contributed by atoms with Crippen molar-refractivity contribution in [1.29, 1.82) is 5.26 Å². The molecule has 2 aromatic rings. The van der Waals surface area contributed by atoms with Crippen molar-refractivity contribution in [1.82, 2.24) is 0 Å². The van der Waals surface area contributed by atoms with Crippen LogP contribution in [0.25, 0.3) is 0 Å². The molecule has 2 aromatic carbocycles. The highest BCUT2D eigenvalue weighted by atomic mass is 16.6. The molecule has 0 aromatic heterocycles. The van der Waals surface area contributed by atoms with Crippen LogP contribution in [0.4, 0.5) is 5.69 Å². The van der Waals surface area contributed by atoms with Gasteiger partial charge in [0.25, 0.3) is 0 Å². The van der Waals surface area contributed by atoms with Gasteiger partial charge in [-0.15, -0.1) is 0 Å². The van der Waals surface area contributed by atoms with Gasteiger partial charge in [0.15, 0.2) is 0 Å². The van der Waals surface area contributed by atoms with Crippen LogP contribution in [0.2, 0.25) is 0 Å². The Hall–Kier alpha value is -2.87. The second-order valence-electron chi connectivity index (χ2n) is 3.94. The highest BCUT2D eigenvalue weighted by Gasteiger charge is 2.15. The third kappa shape index (κ3) is 2.69. The summed E-state index contributed by atoms with van der Waals surface area (Å²) >= 11 is 0. The third-order valence-corrected chi connectivity index (χ3v) is 2.54. The van der Waals surface area contributed by atoms with E-state index in [-0.39, 0.29) is 11.4 Å². The van der Waals surface area contributed by atoms with Crippen LogP contribution in [0.3, 0.4) is 0 Å². The maximum absolute atomic E-state index is 10.9. The summed E-state index contributed by atoms with van der Waals surface area (Å²) < 4.78 is 5.48. The van der Waals surface area contributed by atoms with Crippen molar-refractivity contribution in [2.75, 3.05) is 0 Å². The number of hydrogen-bond acceptors (Lipinski definition) is 4. The van der Waals surface area contributed by atoms with E-state index in [0.717, 1.165) is 5.56 Å². The van der Waals surface area contributed by atoms with Crippen LogP contribution in [0.1, 0.15) is 11.1 Å². The van der Waals surface area contributed by atoms with Crippen molar-refractivity contribution in [2.24, 2.45) is 0 Å². The summed E-state index contributed by atoms with van der Waals surface area (Å²) in [5.74, 6) is 0.426. The number of rotatable bonds is 3. The molecule has 5 heteroatoms. The molecular formula is C14H10N2O3. The van der Waals surface area contributed by atoms with Crippen molar-refractivity contribution in [2.45, 2.75) is 6.92 Å². The van der Waals surface area contributed by atoms with Crippen LogP contribution in [0.15, 0.2) is 42.5 Å². The number of nitro benzene ring substituents is 1. The lowest BCUT2D eigenvalue weighted by Crippen LogP contribution is -1.94. The number of nitrogens with zero attached hydrogens (tertiary/aromatic N) is 2. The van der Waals surface area contributed by atoms with Crippen molar-refractivity contribution >= 4 is 5.69 Å². The van der Waals surface area contributed by atoms with Gasteiger partial charge in [0, 0.05) is 6.07 Å². The van der Waals surface area contributed by atoms with Gasteiger partial charge in [-0.05, 0) is 30.7 Å². The van der Waals surface area contributed by atoms with E-state index in [9.17, 15) is 10.1 Å². The first-order valence-corrected chi connectivity index (χ1v) is 5.54. The maximum atomic E-state index is 10.9. The number of nitriles is 1. The zero-order valence-electron chi connectivity index (χ0n) is 10.2. The van der Waals surface area contributed by atoms with Crippen LogP contribution < -0.4 is 4.74 Å². The van der Waals surface area contributed by atoms with Gasteiger partial charge in [-0.1, -0.05) is 18.2 Å². The number of nitro groups is 1. The van der Waals surface area contributed by atoms with Gasteiger partial charge in [0.2, 0.25) is 5.75 Å². The Bertz CT molecular complexity index is 675. The van der Waals surface area contributed by atoms with E-state index < -0.39 is 4.92 Å². The predicted molar refractivity (Wildman–Crippen MR) is 69.1 cm³/mol. The molecule has 2 rings (SSSR count). The molecule has 0 atom stereocenters. The molecule has 0 N–H and O–H groups in total. The summed E-state index contributed by atoms with van der Waals surface area (Å²) in [6, 6.07) is 13.2. The van der Waals surface area contributed by atoms with Gasteiger partial charge in [-0.2, -0.15) is 5.26 Å². The number of ether oxygens (including phenoxy) is 1. The molecule has 0 aliphatic rings. The summed E-state index contributed by atoms with van der Waals surface area (Å²) in [6.45, 7) is 1.86. The second-order valence-corrected chi connectivity index (χ2v) is 3.94. The van der Waals surface area contributed by atoms with Crippen LogP contribution in [-0.2, 0) is 0 Å². The van der Waals surface area contributed by atoms with Crippen LogP contribution >= 0.6 is 0 Å². The van der Waals surface area contributed by atoms with Crippen LogP contribution in [-0.4, -0.2) is 4.92 Å². The fraction of sp³-hybridized carbons (Fsp3) is 0.0714. The first kappa shape index (κ1) is 12.6. The van der Waals surface area contributed by atoms with Crippen LogP contribution in [0, 0.1) is 28.4 Å². The molecule has 0 unspecified atom stereocenters. The maximum Gasteiger partial charge on any atom is 0.311 e. The lowest BCUT2D eigenvalue weighted by molar-refractivity contribution is -0.385. The highest BCUT2D eigenvalue weighted by Crippen LogP contribution is 2.32. The van der Waals surface area contributed by atoms with E-state index in [0.29, 0.717) is 11.3 Å². The monoisotopic (exact) mass is 254 g/mol. The predicted octanol–water partition coefficient (Wildman–Crippen LogP) is 3.57. The van der Waals surface area contributed by atoms with Gasteiger partial charge in [-0.3, -0.25) is 10.1 Å². The Morgan fingerprint density at radius 3 is 2.63 bits per heavy atom. The quantitative estimate of drug-likeness (QED) is 0.619. The Morgan fingerprint density at radius 1 is 1.21 bits per heavy atom. The number of para-hydroxylation sites is 2. The second kappa shape index (κ2) is 5.19. The topological polar surface area (TPSA) is 76.2 Å². The van der Waals surface area contributed by atoms with E-state index in [1.54, 1.807) is 30.3 Å². The molecule has 0 amide bonds. The zero-order chi connectivity index (χ0) is 13.8. The van der Waals surface area contributed by atoms with Crippen molar-refractivity contribution in [3.63, 3.8) is 0 Å². The fourth-order valence-electron chi connectivity index (χ4n) is 1.63. The summed E-state index contributed by atoms with van der Waals surface area (Å²) in [6.07, 6.45) is 0. The molecule has 0 fully saturated rings. The fourth-order valence-corrected chi connectivity index (χ4v) is 1.63. The molecule has 0 saturated heterocycles. The smallest absolute Gasteiger partial charge is 0.311 e. The van der Waals surface area contributed by atoms with Crippen molar-refractivity contribution < 1.29 is 9.66 Å². The normalized spacial score (nSPS) is 9.68. The molecule has 19 heavy (non-hydrogen) atoms. The molecule has 0 saturated carbocycles. The minimum Gasteiger partial charge on any atom is -0.449 e. The van der Waals surface area contributed by atoms with Crippen molar-refractivity contribution in [3.8, 4) is 17.6 Å². The van der Waals surface area contributed by atoms with E-state index in [2.05, 4.69) is 0 Å². The standard InChI is InChI=1S/C14H10N2O3/c1-10-6-7-13(11(8-10)9-15)19-14-5-3-2-4-12(14)16(17)18/h2-8H,1H3. The Kier molecular flexibility index (Phi) is 3.44. The highest BCUT2D eigenvalue weighted by molar-refractivity contribution is 5.52. The number of aryl methyl sites for hydroxylation is 1. The van der Waals surface area contributed by atoms with Gasteiger partial charge >= 0.3 is 5.69 Å². The summed E-state index contributed by atoms with van der Waals surface area (Å²) in [7, 11) is 0. The minimum absolute atomic E-state index is 0.118. The molecular weight excluding hydrogens is 244 g/mol. The molecule has 0 heterocycles. The molecule has 94 valence electrons.